The van der Waals surface area contributed by atoms with E-state index in [1.165, 1.54) is 0 Å². The molecule has 0 saturated carbocycles. The van der Waals surface area contributed by atoms with Gasteiger partial charge in [-0.15, -0.1) is 0 Å². The molecule has 0 atom stereocenters. The lowest BCUT2D eigenvalue weighted by molar-refractivity contribution is 0.511. The monoisotopic (exact) mass is 271 g/mol. The molecule has 0 aliphatic carbocycles. The summed E-state index contributed by atoms with van der Waals surface area (Å²) in [6.45, 7) is 6.69. The zero-order valence-electron chi connectivity index (χ0n) is 10.1. The highest BCUT2D eigenvalue weighted by Crippen LogP contribution is 2.40. The molecule has 92 valence electrons. The summed E-state index contributed by atoms with van der Waals surface area (Å²) in [7, 11) is 0. The van der Waals surface area contributed by atoms with Crippen molar-refractivity contribution in [2.75, 3.05) is 0 Å². The van der Waals surface area contributed by atoms with Crippen molar-refractivity contribution in [1.29, 1.82) is 0 Å². The van der Waals surface area contributed by atoms with Crippen molar-refractivity contribution < 1.29 is 4.42 Å². The van der Waals surface area contributed by atoms with Gasteiger partial charge in [0.05, 0.1) is 11.6 Å². The van der Waals surface area contributed by atoms with Crippen molar-refractivity contribution in [2.45, 2.75) is 32.7 Å². The van der Waals surface area contributed by atoms with Crippen LogP contribution in [0, 0.1) is 0 Å². The van der Waals surface area contributed by atoms with Crippen LogP contribution >= 0.6 is 23.2 Å². The number of benzene rings is 1. The Labute approximate surface area is 111 Å². The Morgan fingerprint density at radius 2 is 1.88 bits per heavy atom. The lowest BCUT2D eigenvalue weighted by Gasteiger charge is -2.19. The van der Waals surface area contributed by atoms with E-state index in [0.29, 0.717) is 22.2 Å². The molecule has 4 heteroatoms. The minimum Gasteiger partial charge on any atom is -0.459 e. The summed E-state index contributed by atoms with van der Waals surface area (Å²) in [6.07, 6.45) is 0. The molecule has 0 amide bonds. The molecular formula is C13H15Cl2NO. The van der Waals surface area contributed by atoms with Crippen LogP contribution in [0.4, 0.5) is 0 Å². The zero-order valence-corrected chi connectivity index (χ0v) is 11.6. The number of fused-ring (bicyclic) bond motifs is 1. The van der Waals surface area contributed by atoms with Gasteiger partial charge in [-0.1, -0.05) is 44.0 Å². The molecule has 0 spiro atoms. The standard InChI is InChI=1S/C13H15Cl2NO/c1-13(2,3)12-10(6-16)17-9-5-7(14)4-8(15)11(9)12/h4-5H,6,16H2,1-3H3. The second-order valence-electron chi connectivity index (χ2n) is 5.12. The summed E-state index contributed by atoms with van der Waals surface area (Å²) in [6, 6.07) is 3.51. The van der Waals surface area contributed by atoms with Gasteiger partial charge in [0.2, 0.25) is 0 Å². The van der Waals surface area contributed by atoms with Crippen LogP contribution in [-0.4, -0.2) is 0 Å². The normalized spacial score (nSPS) is 12.4. The van der Waals surface area contributed by atoms with Crippen LogP contribution in [0.2, 0.25) is 10.0 Å². The van der Waals surface area contributed by atoms with E-state index in [1.54, 1.807) is 12.1 Å². The first-order valence-corrected chi connectivity index (χ1v) is 6.21. The fourth-order valence-electron chi connectivity index (χ4n) is 2.13. The topological polar surface area (TPSA) is 39.2 Å². The summed E-state index contributed by atoms with van der Waals surface area (Å²) in [5, 5.41) is 2.10. The molecule has 2 aromatic rings. The third-order valence-corrected chi connectivity index (χ3v) is 3.23. The average molecular weight is 272 g/mol. The Kier molecular flexibility index (Phi) is 3.15. The van der Waals surface area contributed by atoms with Crippen LogP contribution in [0.5, 0.6) is 0 Å². The molecule has 0 aliphatic heterocycles. The maximum atomic E-state index is 6.26. The van der Waals surface area contributed by atoms with Gasteiger partial charge in [0.15, 0.2) is 0 Å². The first kappa shape index (κ1) is 12.7. The van der Waals surface area contributed by atoms with Crippen LogP contribution in [0.15, 0.2) is 16.5 Å². The highest BCUT2D eigenvalue weighted by molar-refractivity contribution is 6.38. The van der Waals surface area contributed by atoms with Crippen molar-refractivity contribution >= 4 is 34.2 Å². The van der Waals surface area contributed by atoms with Crippen molar-refractivity contribution in [1.82, 2.24) is 0 Å². The third kappa shape index (κ3) is 2.17. The summed E-state index contributed by atoms with van der Waals surface area (Å²) in [5.74, 6) is 0.775. The molecule has 1 aromatic carbocycles. The summed E-state index contributed by atoms with van der Waals surface area (Å²) in [5.41, 5.74) is 7.43. The zero-order chi connectivity index (χ0) is 12.8. The van der Waals surface area contributed by atoms with E-state index in [0.717, 1.165) is 16.7 Å². The SMILES string of the molecule is CC(C)(C)c1c(CN)oc2cc(Cl)cc(Cl)c12. The van der Waals surface area contributed by atoms with Crippen LogP contribution < -0.4 is 5.73 Å². The van der Waals surface area contributed by atoms with Crippen LogP contribution in [0.25, 0.3) is 11.0 Å². The predicted molar refractivity (Wildman–Crippen MR) is 72.8 cm³/mol. The molecule has 2 nitrogen and oxygen atoms in total. The number of halogens is 2. The Hall–Kier alpha value is -0.700. The van der Waals surface area contributed by atoms with E-state index in [-0.39, 0.29) is 5.41 Å². The van der Waals surface area contributed by atoms with E-state index in [4.69, 9.17) is 33.4 Å². The molecule has 17 heavy (non-hydrogen) atoms. The first-order valence-electron chi connectivity index (χ1n) is 5.45. The minimum atomic E-state index is -0.0720. The van der Waals surface area contributed by atoms with Gasteiger partial charge in [-0.25, -0.2) is 0 Å². The number of hydrogen-bond acceptors (Lipinski definition) is 2. The van der Waals surface area contributed by atoms with E-state index >= 15 is 0 Å². The van der Waals surface area contributed by atoms with Crippen LogP contribution in [0.1, 0.15) is 32.1 Å². The molecule has 0 unspecified atom stereocenters. The maximum Gasteiger partial charge on any atom is 0.137 e. The number of furan rings is 1. The number of rotatable bonds is 1. The Bertz CT molecular complexity index is 567. The second kappa shape index (κ2) is 4.20. The lowest BCUT2D eigenvalue weighted by atomic mass is 9.85. The van der Waals surface area contributed by atoms with Crippen molar-refractivity contribution in [3.63, 3.8) is 0 Å². The summed E-state index contributed by atoms with van der Waals surface area (Å²) >= 11 is 12.2. The second-order valence-corrected chi connectivity index (χ2v) is 5.96. The number of hydrogen-bond donors (Lipinski definition) is 1. The van der Waals surface area contributed by atoms with Gasteiger partial charge >= 0.3 is 0 Å². The first-order chi connectivity index (χ1) is 7.84. The minimum absolute atomic E-state index is 0.0720. The maximum absolute atomic E-state index is 6.26. The molecule has 2 N–H and O–H groups in total. The molecule has 0 aliphatic rings. The number of nitrogens with two attached hydrogens (primary N) is 1. The van der Waals surface area contributed by atoms with Gasteiger partial charge in [-0.2, -0.15) is 0 Å². The van der Waals surface area contributed by atoms with Crippen LogP contribution in [-0.2, 0) is 12.0 Å². The van der Waals surface area contributed by atoms with E-state index in [1.807, 2.05) is 0 Å². The average Bonchev–Trinajstić information content (AvgIpc) is 2.55. The quantitative estimate of drug-likeness (QED) is 0.830. The molecule has 0 bridgehead atoms. The highest BCUT2D eigenvalue weighted by Gasteiger charge is 2.26. The molecule has 1 heterocycles. The highest BCUT2D eigenvalue weighted by atomic mass is 35.5. The molecule has 0 fully saturated rings. The van der Waals surface area contributed by atoms with Crippen molar-refractivity contribution in [2.24, 2.45) is 5.73 Å². The van der Waals surface area contributed by atoms with Crippen molar-refractivity contribution in [3.05, 3.63) is 33.5 Å². The largest absolute Gasteiger partial charge is 0.459 e. The summed E-state index contributed by atoms with van der Waals surface area (Å²) in [4.78, 5) is 0. The molecule has 2 rings (SSSR count). The van der Waals surface area contributed by atoms with Gasteiger partial charge in [-0.05, 0) is 11.5 Å². The fraction of sp³-hybridized carbons (Fsp3) is 0.385. The van der Waals surface area contributed by atoms with E-state index in [9.17, 15) is 0 Å². The van der Waals surface area contributed by atoms with Crippen molar-refractivity contribution in [3.8, 4) is 0 Å². The Morgan fingerprint density at radius 3 is 2.41 bits per heavy atom. The molecule has 0 saturated heterocycles. The Balaban J connectivity index is 2.89. The van der Waals surface area contributed by atoms with Gasteiger partial charge in [-0.3, -0.25) is 0 Å². The third-order valence-electron chi connectivity index (χ3n) is 2.72. The molecular weight excluding hydrogens is 257 g/mol. The van der Waals surface area contributed by atoms with Crippen LogP contribution in [0.3, 0.4) is 0 Å². The molecule has 1 aromatic heterocycles. The van der Waals surface area contributed by atoms with E-state index in [2.05, 4.69) is 20.8 Å². The fourth-order valence-corrected chi connectivity index (χ4v) is 2.70. The van der Waals surface area contributed by atoms with E-state index < -0.39 is 0 Å². The van der Waals surface area contributed by atoms with Gasteiger partial charge in [0.1, 0.15) is 11.3 Å². The van der Waals surface area contributed by atoms with Gasteiger partial charge in [0, 0.05) is 22.0 Å². The van der Waals surface area contributed by atoms with Gasteiger partial charge in [0.25, 0.3) is 0 Å². The Morgan fingerprint density at radius 1 is 1.24 bits per heavy atom. The smallest absolute Gasteiger partial charge is 0.137 e. The molecule has 0 radical (unpaired) electrons. The lowest BCUT2D eigenvalue weighted by Crippen LogP contribution is -2.14. The van der Waals surface area contributed by atoms with Gasteiger partial charge < -0.3 is 10.2 Å². The predicted octanol–water partition coefficient (Wildman–Crippen LogP) is 4.50. The summed E-state index contributed by atoms with van der Waals surface area (Å²) < 4.78 is 5.74.